The molecule has 1 rings (SSSR count). The van der Waals surface area contributed by atoms with E-state index in [0.29, 0.717) is 0 Å². The Kier molecular flexibility index (Phi) is 3.66. The van der Waals surface area contributed by atoms with E-state index < -0.39 is 17.8 Å². The van der Waals surface area contributed by atoms with Crippen LogP contribution in [0.3, 0.4) is 0 Å². The van der Waals surface area contributed by atoms with Crippen molar-refractivity contribution >= 4 is 11.7 Å². The van der Waals surface area contributed by atoms with Crippen molar-refractivity contribution in [2.24, 2.45) is 5.73 Å². The number of halogens is 3. The number of hydrogen-bond donors (Lipinski definition) is 2. The van der Waals surface area contributed by atoms with E-state index in [1.807, 2.05) is 5.32 Å². The van der Waals surface area contributed by atoms with E-state index in [9.17, 15) is 18.0 Å². The van der Waals surface area contributed by atoms with Crippen molar-refractivity contribution in [2.75, 3.05) is 5.32 Å². The Bertz CT molecular complexity index is 439. The predicted octanol–water partition coefficient (Wildman–Crippen LogP) is 1.45. The molecule has 0 atom stereocenters. The molecule has 92 valence electrons. The molecule has 8 heteroatoms. The fourth-order valence-electron chi connectivity index (χ4n) is 0.975. The maximum Gasteiger partial charge on any atom is 0.430 e. The summed E-state index contributed by atoms with van der Waals surface area (Å²) < 4.78 is 37.1. The van der Waals surface area contributed by atoms with Crippen LogP contribution >= 0.6 is 0 Å². The van der Waals surface area contributed by atoms with Gasteiger partial charge in [-0.2, -0.15) is 13.2 Å². The molecule has 0 bridgehead atoms. The SMILES string of the molecule is C/C=C(/Nc1ccc(C(N)=O)nn1)C(F)(F)F. The van der Waals surface area contributed by atoms with Gasteiger partial charge in [0.25, 0.3) is 5.91 Å². The molecule has 0 radical (unpaired) electrons. The fraction of sp³-hybridized carbons (Fsp3) is 0.222. The molecule has 0 fully saturated rings. The summed E-state index contributed by atoms with van der Waals surface area (Å²) >= 11 is 0. The summed E-state index contributed by atoms with van der Waals surface area (Å²) in [5.41, 5.74) is 3.83. The van der Waals surface area contributed by atoms with Gasteiger partial charge in [-0.25, -0.2) is 0 Å². The number of primary amides is 1. The number of hydrogen-bond acceptors (Lipinski definition) is 4. The van der Waals surface area contributed by atoms with Gasteiger partial charge in [-0.1, -0.05) is 6.08 Å². The number of alkyl halides is 3. The molecular weight excluding hydrogens is 237 g/mol. The van der Waals surface area contributed by atoms with Crippen molar-refractivity contribution in [1.29, 1.82) is 0 Å². The van der Waals surface area contributed by atoms with Crippen LogP contribution in [0.15, 0.2) is 23.9 Å². The zero-order chi connectivity index (χ0) is 13.1. The first kappa shape index (κ1) is 12.9. The second-order valence-corrected chi connectivity index (χ2v) is 2.99. The highest BCUT2D eigenvalue weighted by Gasteiger charge is 2.33. The summed E-state index contributed by atoms with van der Waals surface area (Å²) in [6.07, 6.45) is -3.64. The predicted molar refractivity (Wildman–Crippen MR) is 54.0 cm³/mol. The largest absolute Gasteiger partial charge is 0.430 e. The van der Waals surface area contributed by atoms with Crippen LogP contribution in [-0.4, -0.2) is 22.3 Å². The average Bonchev–Trinajstić information content (AvgIpc) is 2.24. The Hall–Kier alpha value is -2.12. The Morgan fingerprint density at radius 3 is 2.41 bits per heavy atom. The van der Waals surface area contributed by atoms with Crippen LogP contribution in [0.2, 0.25) is 0 Å². The Balaban J connectivity index is 2.86. The van der Waals surface area contributed by atoms with Crippen molar-refractivity contribution in [1.82, 2.24) is 10.2 Å². The molecule has 0 aliphatic carbocycles. The van der Waals surface area contributed by atoms with Crippen LogP contribution in [0.4, 0.5) is 19.0 Å². The molecule has 0 aromatic carbocycles. The van der Waals surface area contributed by atoms with Crippen molar-refractivity contribution < 1.29 is 18.0 Å². The molecule has 0 saturated carbocycles. The molecule has 0 saturated heterocycles. The first-order chi connectivity index (χ1) is 7.84. The zero-order valence-electron chi connectivity index (χ0n) is 8.75. The lowest BCUT2D eigenvalue weighted by Gasteiger charge is -2.12. The third kappa shape index (κ3) is 3.44. The minimum absolute atomic E-state index is 0.121. The van der Waals surface area contributed by atoms with Gasteiger partial charge in [0.05, 0.1) is 0 Å². The van der Waals surface area contributed by atoms with Gasteiger partial charge in [-0.3, -0.25) is 4.79 Å². The average molecular weight is 246 g/mol. The summed E-state index contributed by atoms with van der Waals surface area (Å²) in [5.74, 6) is -0.924. The van der Waals surface area contributed by atoms with Gasteiger partial charge in [0.2, 0.25) is 0 Å². The van der Waals surface area contributed by atoms with Gasteiger partial charge in [-0.05, 0) is 19.1 Å². The Morgan fingerprint density at radius 2 is 2.06 bits per heavy atom. The number of anilines is 1. The minimum atomic E-state index is -4.50. The number of nitrogens with one attached hydrogen (secondary N) is 1. The summed E-state index contributed by atoms with van der Waals surface area (Å²) in [4.78, 5) is 10.7. The molecule has 0 unspecified atom stereocenters. The van der Waals surface area contributed by atoms with Gasteiger partial charge in [0.1, 0.15) is 5.70 Å². The minimum Gasteiger partial charge on any atom is -0.364 e. The summed E-state index contributed by atoms with van der Waals surface area (Å²) in [6, 6.07) is 2.36. The molecule has 5 nitrogen and oxygen atoms in total. The fourth-order valence-corrected chi connectivity index (χ4v) is 0.975. The number of rotatable bonds is 3. The Labute approximate surface area is 94.5 Å². The quantitative estimate of drug-likeness (QED) is 0.845. The van der Waals surface area contributed by atoms with Gasteiger partial charge in [0, 0.05) is 0 Å². The number of allylic oxidation sites excluding steroid dienone is 2. The molecule has 17 heavy (non-hydrogen) atoms. The van der Waals surface area contributed by atoms with Gasteiger partial charge in [-0.15, -0.1) is 10.2 Å². The molecule has 1 aromatic heterocycles. The highest BCUT2D eigenvalue weighted by molar-refractivity contribution is 5.90. The highest BCUT2D eigenvalue weighted by atomic mass is 19.4. The lowest BCUT2D eigenvalue weighted by Crippen LogP contribution is -2.20. The van der Waals surface area contributed by atoms with E-state index in [0.717, 1.165) is 6.08 Å². The van der Waals surface area contributed by atoms with E-state index in [1.165, 1.54) is 19.1 Å². The van der Waals surface area contributed by atoms with Crippen LogP contribution in [-0.2, 0) is 0 Å². The molecular formula is C9H9F3N4O. The second-order valence-electron chi connectivity index (χ2n) is 2.99. The van der Waals surface area contributed by atoms with Crippen LogP contribution in [0.5, 0.6) is 0 Å². The molecule has 0 spiro atoms. The maximum absolute atomic E-state index is 12.4. The first-order valence-electron chi connectivity index (χ1n) is 4.48. The third-order valence-electron chi connectivity index (χ3n) is 1.77. The zero-order valence-corrected chi connectivity index (χ0v) is 8.75. The number of nitrogens with two attached hydrogens (primary N) is 1. The molecule has 0 aliphatic heterocycles. The molecule has 1 aromatic rings. The molecule has 0 aliphatic rings. The lowest BCUT2D eigenvalue weighted by atomic mass is 10.3. The second kappa shape index (κ2) is 4.81. The van der Waals surface area contributed by atoms with Crippen LogP contribution in [0.25, 0.3) is 0 Å². The van der Waals surface area contributed by atoms with Crippen molar-refractivity contribution in [3.8, 4) is 0 Å². The van der Waals surface area contributed by atoms with Crippen LogP contribution < -0.4 is 11.1 Å². The van der Waals surface area contributed by atoms with E-state index >= 15 is 0 Å². The van der Waals surface area contributed by atoms with Gasteiger partial charge >= 0.3 is 6.18 Å². The summed E-state index contributed by atoms with van der Waals surface area (Å²) in [5, 5.41) is 8.81. The third-order valence-corrected chi connectivity index (χ3v) is 1.77. The van der Waals surface area contributed by atoms with Crippen molar-refractivity contribution in [3.63, 3.8) is 0 Å². The monoisotopic (exact) mass is 246 g/mol. The first-order valence-corrected chi connectivity index (χ1v) is 4.48. The van der Waals surface area contributed by atoms with Crippen LogP contribution in [0.1, 0.15) is 17.4 Å². The number of carbonyl (C=O) groups is 1. The standard InChI is InChI=1S/C9H9F3N4O/c1-2-6(9(10,11)12)14-7-4-3-5(8(13)17)15-16-7/h2-4H,1H3,(H2,13,17)(H,14,16)/b6-2+. The van der Waals surface area contributed by atoms with Gasteiger partial charge in [0.15, 0.2) is 11.5 Å². The lowest BCUT2D eigenvalue weighted by molar-refractivity contribution is -0.0904. The molecule has 1 heterocycles. The number of amides is 1. The summed E-state index contributed by atoms with van der Waals surface area (Å²) in [7, 11) is 0. The van der Waals surface area contributed by atoms with Crippen molar-refractivity contribution in [3.05, 3.63) is 29.6 Å². The topological polar surface area (TPSA) is 80.9 Å². The number of aromatic nitrogens is 2. The van der Waals surface area contributed by atoms with Gasteiger partial charge < -0.3 is 11.1 Å². The van der Waals surface area contributed by atoms with E-state index in [4.69, 9.17) is 5.73 Å². The van der Waals surface area contributed by atoms with E-state index in [2.05, 4.69) is 10.2 Å². The smallest absolute Gasteiger partial charge is 0.364 e. The number of nitrogens with zero attached hydrogens (tertiary/aromatic N) is 2. The van der Waals surface area contributed by atoms with E-state index in [-0.39, 0.29) is 11.5 Å². The highest BCUT2D eigenvalue weighted by Crippen LogP contribution is 2.25. The van der Waals surface area contributed by atoms with E-state index in [1.54, 1.807) is 0 Å². The Morgan fingerprint density at radius 1 is 1.41 bits per heavy atom. The normalized spacial score (nSPS) is 12.4. The summed E-state index contributed by atoms with van der Waals surface area (Å²) in [6.45, 7) is 1.24. The molecule has 1 amide bonds. The maximum atomic E-state index is 12.4. The number of carbonyl (C=O) groups excluding carboxylic acids is 1. The molecule has 3 N–H and O–H groups in total. The van der Waals surface area contributed by atoms with Crippen LogP contribution in [0, 0.1) is 0 Å². The van der Waals surface area contributed by atoms with Crippen molar-refractivity contribution in [2.45, 2.75) is 13.1 Å².